The molecule has 3 aliphatic carbocycles. The number of carbonyl (C=O) groups excluding carboxylic acids is 4. The summed E-state index contributed by atoms with van der Waals surface area (Å²) in [5, 5.41) is 0. The average Bonchev–Trinajstić information content (AvgIpc) is 3.25. The van der Waals surface area contributed by atoms with E-state index in [0.717, 1.165) is 0 Å². The summed E-state index contributed by atoms with van der Waals surface area (Å²) in [6.45, 7) is 0.0522. The molecule has 0 N–H and O–H groups in total. The SMILES string of the molecule is O=C1[C@@H]2C3C=CC([C@H]4C(=O)N(Cc5ccc(F)cc5)C(=O)[C@@H]34)[C@@H]2C(=O)N1Cc1ccc(F)cc1. The maximum Gasteiger partial charge on any atom is 0.234 e. The summed E-state index contributed by atoms with van der Waals surface area (Å²) in [6.07, 6.45) is 3.62. The van der Waals surface area contributed by atoms with Gasteiger partial charge in [0, 0.05) is 11.8 Å². The summed E-state index contributed by atoms with van der Waals surface area (Å²) >= 11 is 0. The third-order valence-electron chi connectivity index (χ3n) is 7.70. The Hall–Kier alpha value is -3.68. The Morgan fingerprint density at radius 3 is 1.12 bits per heavy atom. The van der Waals surface area contributed by atoms with Crippen LogP contribution in [0.5, 0.6) is 0 Å². The number of nitrogens with zero attached hydrogens (tertiary/aromatic N) is 2. The molecule has 0 radical (unpaired) electrons. The average molecular weight is 462 g/mol. The van der Waals surface area contributed by atoms with Crippen LogP contribution >= 0.6 is 0 Å². The molecule has 4 amide bonds. The highest BCUT2D eigenvalue weighted by Crippen LogP contribution is 2.58. The number of rotatable bonds is 4. The van der Waals surface area contributed by atoms with Crippen LogP contribution in [0.3, 0.4) is 0 Å². The van der Waals surface area contributed by atoms with E-state index in [9.17, 15) is 28.0 Å². The van der Waals surface area contributed by atoms with Gasteiger partial charge in [-0.05, 0) is 35.4 Å². The molecule has 0 spiro atoms. The summed E-state index contributed by atoms with van der Waals surface area (Å²) in [5.41, 5.74) is 1.25. The van der Waals surface area contributed by atoms with Gasteiger partial charge in [-0.25, -0.2) is 8.78 Å². The number of likely N-dealkylation sites (tertiary alicyclic amines) is 2. The lowest BCUT2D eigenvalue weighted by Gasteiger charge is -2.44. The fourth-order valence-corrected chi connectivity index (χ4v) is 6.21. The first-order valence-electron chi connectivity index (χ1n) is 11.2. The van der Waals surface area contributed by atoms with Crippen LogP contribution < -0.4 is 0 Å². The van der Waals surface area contributed by atoms with Crippen LogP contribution in [0.15, 0.2) is 60.7 Å². The van der Waals surface area contributed by atoms with E-state index in [4.69, 9.17) is 0 Å². The number of halogens is 2. The van der Waals surface area contributed by atoms with E-state index in [1.807, 2.05) is 12.2 Å². The molecule has 2 aliphatic heterocycles. The normalized spacial score (nSPS) is 31.5. The summed E-state index contributed by atoms with van der Waals surface area (Å²) in [5.74, 6) is -6.06. The lowest BCUT2D eigenvalue weighted by atomic mass is 9.54. The molecule has 2 bridgehead atoms. The fraction of sp³-hybridized carbons (Fsp3) is 0.308. The van der Waals surface area contributed by atoms with Crippen molar-refractivity contribution in [1.82, 2.24) is 9.80 Å². The molecule has 0 aromatic heterocycles. The molecule has 34 heavy (non-hydrogen) atoms. The number of amides is 4. The summed E-state index contributed by atoms with van der Waals surface area (Å²) < 4.78 is 26.5. The number of carbonyl (C=O) groups is 4. The Bertz CT molecular complexity index is 1120. The van der Waals surface area contributed by atoms with Gasteiger partial charge in [-0.15, -0.1) is 0 Å². The van der Waals surface area contributed by atoms with Crippen molar-refractivity contribution in [1.29, 1.82) is 0 Å². The maximum atomic E-state index is 13.3. The van der Waals surface area contributed by atoms with E-state index >= 15 is 0 Å². The second-order valence-electron chi connectivity index (χ2n) is 9.42. The van der Waals surface area contributed by atoms with Crippen molar-refractivity contribution >= 4 is 23.6 Å². The van der Waals surface area contributed by atoms with Gasteiger partial charge < -0.3 is 0 Å². The molecule has 6 atom stereocenters. The summed E-state index contributed by atoms with van der Waals surface area (Å²) in [4.78, 5) is 55.7. The molecule has 3 fully saturated rings. The molecule has 7 rings (SSSR count). The first-order chi connectivity index (χ1) is 16.3. The second-order valence-corrected chi connectivity index (χ2v) is 9.42. The van der Waals surface area contributed by atoms with Gasteiger partial charge in [0.2, 0.25) is 23.6 Å². The van der Waals surface area contributed by atoms with Crippen molar-refractivity contribution in [2.75, 3.05) is 0 Å². The van der Waals surface area contributed by atoms with Gasteiger partial charge in [-0.1, -0.05) is 36.4 Å². The van der Waals surface area contributed by atoms with Crippen LogP contribution in [0.2, 0.25) is 0 Å². The van der Waals surface area contributed by atoms with Crippen molar-refractivity contribution in [2.24, 2.45) is 35.5 Å². The second kappa shape index (κ2) is 7.41. The molecule has 2 saturated heterocycles. The smallest absolute Gasteiger partial charge is 0.234 e. The topological polar surface area (TPSA) is 74.8 Å². The third-order valence-corrected chi connectivity index (χ3v) is 7.70. The molecule has 2 aromatic rings. The van der Waals surface area contributed by atoms with E-state index in [-0.39, 0.29) is 36.7 Å². The third kappa shape index (κ3) is 2.90. The molecule has 2 aromatic carbocycles. The first kappa shape index (κ1) is 20.9. The monoisotopic (exact) mass is 462 g/mol. The van der Waals surface area contributed by atoms with Crippen molar-refractivity contribution in [3.05, 3.63) is 83.4 Å². The highest BCUT2D eigenvalue weighted by molar-refractivity contribution is 6.10. The Kier molecular flexibility index (Phi) is 4.56. The van der Waals surface area contributed by atoms with E-state index in [1.165, 1.54) is 58.3 Å². The standard InChI is InChI=1S/C26H20F2N2O4/c27-15-5-1-13(2-6-15)11-29-23(31)19-17-9-10-18(20(19)24(29)32)22-21(17)25(33)30(26(22)34)12-14-3-7-16(28)8-4-14/h1-10,17-22H,11-12H2/t17?,18?,19-,20+,21+,22-. The largest absolute Gasteiger partial charge is 0.278 e. The van der Waals surface area contributed by atoms with Gasteiger partial charge in [-0.2, -0.15) is 0 Å². The van der Waals surface area contributed by atoms with E-state index < -0.39 is 47.1 Å². The van der Waals surface area contributed by atoms with Gasteiger partial charge >= 0.3 is 0 Å². The number of imide groups is 2. The molecule has 6 nitrogen and oxygen atoms in total. The Labute approximate surface area is 193 Å². The first-order valence-corrected chi connectivity index (χ1v) is 11.2. The number of benzene rings is 2. The lowest BCUT2D eigenvalue weighted by molar-refractivity contribution is -0.140. The van der Waals surface area contributed by atoms with E-state index in [1.54, 1.807) is 0 Å². The molecular weight excluding hydrogens is 442 g/mol. The number of allylic oxidation sites excluding steroid dienone is 2. The van der Waals surface area contributed by atoms with Gasteiger partial charge in [0.1, 0.15) is 11.6 Å². The predicted molar refractivity (Wildman–Crippen MR) is 114 cm³/mol. The number of hydrogen-bond donors (Lipinski definition) is 0. The molecule has 5 aliphatic rings. The fourth-order valence-electron chi connectivity index (χ4n) is 6.21. The molecule has 172 valence electrons. The van der Waals surface area contributed by atoms with Gasteiger partial charge in [0.25, 0.3) is 0 Å². The Balaban J connectivity index is 1.28. The predicted octanol–water partition coefficient (Wildman–Crippen LogP) is 2.68. The van der Waals surface area contributed by atoms with Gasteiger partial charge in [-0.3, -0.25) is 29.0 Å². The van der Waals surface area contributed by atoms with Crippen LogP contribution in [0, 0.1) is 47.1 Å². The van der Waals surface area contributed by atoms with Crippen LogP contribution in [0.25, 0.3) is 0 Å². The molecule has 1 saturated carbocycles. The number of hydrogen-bond acceptors (Lipinski definition) is 4. The zero-order valence-corrected chi connectivity index (χ0v) is 17.9. The van der Waals surface area contributed by atoms with Crippen molar-refractivity contribution in [3.63, 3.8) is 0 Å². The Morgan fingerprint density at radius 2 is 0.824 bits per heavy atom. The highest BCUT2D eigenvalue weighted by Gasteiger charge is 2.68. The molecule has 2 unspecified atom stereocenters. The highest BCUT2D eigenvalue weighted by atomic mass is 19.1. The van der Waals surface area contributed by atoms with Crippen LogP contribution in [0.4, 0.5) is 8.78 Å². The summed E-state index contributed by atoms with van der Waals surface area (Å²) in [7, 11) is 0. The van der Waals surface area contributed by atoms with Gasteiger partial charge in [0.05, 0.1) is 36.8 Å². The maximum absolute atomic E-state index is 13.3. The zero-order valence-electron chi connectivity index (χ0n) is 17.9. The van der Waals surface area contributed by atoms with Crippen molar-refractivity contribution in [3.8, 4) is 0 Å². The van der Waals surface area contributed by atoms with E-state index in [0.29, 0.717) is 11.1 Å². The minimum Gasteiger partial charge on any atom is -0.278 e. The van der Waals surface area contributed by atoms with Crippen LogP contribution in [-0.2, 0) is 32.3 Å². The molecule has 2 heterocycles. The minimum atomic E-state index is -0.688. The van der Waals surface area contributed by atoms with Crippen LogP contribution in [-0.4, -0.2) is 33.4 Å². The minimum absolute atomic E-state index is 0.0261. The van der Waals surface area contributed by atoms with E-state index in [2.05, 4.69) is 0 Å². The van der Waals surface area contributed by atoms with Crippen LogP contribution in [0.1, 0.15) is 11.1 Å². The summed E-state index contributed by atoms with van der Waals surface area (Å²) in [6, 6.07) is 11.2. The molecular formula is C26H20F2N2O4. The Morgan fingerprint density at radius 1 is 0.529 bits per heavy atom. The lowest BCUT2D eigenvalue weighted by Crippen LogP contribution is -2.50. The van der Waals surface area contributed by atoms with Crippen molar-refractivity contribution in [2.45, 2.75) is 13.1 Å². The van der Waals surface area contributed by atoms with Crippen molar-refractivity contribution < 1.29 is 28.0 Å². The zero-order chi connectivity index (χ0) is 23.7. The quantitative estimate of drug-likeness (QED) is 0.517. The van der Waals surface area contributed by atoms with Gasteiger partial charge in [0.15, 0.2) is 0 Å². The molecule has 8 heteroatoms.